The predicted octanol–water partition coefficient (Wildman–Crippen LogP) is 7.43. The van der Waals surface area contributed by atoms with Crippen LogP contribution >= 0.6 is 0 Å². The molecule has 0 aliphatic carbocycles. The van der Waals surface area contributed by atoms with E-state index < -0.39 is 12.2 Å². The summed E-state index contributed by atoms with van der Waals surface area (Å²) in [4.78, 5) is 4.91. The maximum absolute atomic E-state index is 9.76. The van der Waals surface area contributed by atoms with E-state index in [1.165, 1.54) is 33.2 Å². The maximum atomic E-state index is 9.76. The summed E-state index contributed by atoms with van der Waals surface area (Å²) < 4.78 is 0. The summed E-state index contributed by atoms with van der Waals surface area (Å²) in [6, 6.07) is 14.2. The van der Waals surface area contributed by atoms with Crippen LogP contribution < -0.4 is 0 Å². The number of benzene rings is 2. The van der Waals surface area contributed by atoms with Crippen LogP contribution in [0.3, 0.4) is 0 Å². The van der Waals surface area contributed by atoms with Crippen LogP contribution in [-0.4, -0.2) is 27.4 Å². The molecule has 0 saturated carbocycles. The molecule has 0 aliphatic rings. The van der Waals surface area contributed by atoms with Crippen molar-refractivity contribution in [1.29, 1.82) is 0 Å². The van der Waals surface area contributed by atoms with Crippen molar-refractivity contribution in [2.24, 2.45) is 10.8 Å². The van der Waals surface area contributed by atoms with Crippen LogP contribution in [0.1, 0.15) is 75.8 Å². The first-order chi connectivity index (χ1) is 15.5. The average molecular weight is 655 g/mol. The summed E-state index contributed by atoms with van der Waals surface area (Å²) in [7, 11) is 0. The summed E-state index contributed by atoms with van der Waals surface area (Å²) in [5.74, 6) is 0. The second-order valence-corrected chi connectivity index (χ2v) is 12.0. The van der Waals surface area contributed by atoms with E-state index in [9.17, 15) is 10.2 Å². The minimum absolute atomic E-state index is 0. The topological polar surface area (TPSA) is 53.4 Å². The van der Waals surface area contributed by atoms with E-state index in [1.807, 2.05) is 41.5 Å². The van der Waals surface area contributed by atoms with E-state index in [0.717, 1.165) is 16.8 Å². The second kappa shape index (κ2) is 12.1. The van der Waals surface area contributed by atoms with Crippen LogP contribution in [-0.2, 0) is 20.1 Å². The molecule has 2 N–H and O–H groups in total. The van der Waals surface area contributed by atoms with Gasteiger partial charge in [-0.05, 0) is 54.5 Å². The Morgan fingerprint density at radius 1 is 0.743 bits per heavy atom. The van der Waals surface area contributed by atoms with Crippen LogP contribution in [0.15, 0.2) is 30.3 Å². The first kappa shape index (κ1) is 31.4. The number of aliphatic hydroxyl groups is 2. The van der Waals surface area contributed by atoms with Gasteiger partial charge in [0.05, 0.1) is 17.7 Å². The maximum Gasteiger partial charge on any atom is 0.0613 e. The molecule has 2 aromatic carbocycles. The summed E-state index contributed by atoms with van der Waals surface area (Å²) in [5, 5.41) is 20.8. The zero-order valence-corrected chi connectivity index (χ0v) is 25.8. The second-order valence-electron chi connectivity index (χ2n) is 12.0. The molecule has 0 aliphatic heterocycles. The normalized spacial score (nSPS) is 13.5. The number of nitrogens with zero attached hydrogens (tertiary/aromatic N) is 1. The molecule has 35 heavy (non-hydrogen) atoms. The molecule has 3 nitrogen and oxygen atoms in total. The van der Waals surface area contributed by atoms with Crippen molar-refractivity contribution < 1.29 is 30.3 Å². The molecule has 1 heterocycles. The Labute approximate surface area is 226 Å². The average Bonchev–Trinajstić information content (AvgIpc) is 2.69. The van der Waals surface area contributed by atoms with Crippen LogP contribution in [0.25, 0.3) is 22.2 Å². The van der Waals surface area contributed by atoms with Gasteiger partial charge in [-0.2, -0.15) is 0 Å². The van der Waals surface area contributed by atoms with Crippen LogP contribution in [0.2, 0.25) is 0 Å². The molecule has 0 saturated heterocycles. The number of hydrogen-bond donors (Lipinski definition) is 2. The van der Waals surface area contributed by atoms with Crippen molar-refractivity contribution in [2.45, 2.75) is 94.8 Å². The van der Waals surface area contributed by atoms with E-state index in [2.05, 4.69) is 71.0 Å². The van der Waals surface area contributed by atoms with Crippen molar-refractivity contribution in [3.05, 3.63) is 64.2 Å². The van der Waals surface area contributed by atoms with E-state index >= 15 is 0 Å². The van der Waals surface area contributed by atoms with Crippen molar-refractivity contribution >= 4 is 10.9 Å². The van der Waals surface area contributed by atoms with Crippen molar-refractivity contribution in [2.75, 3.05) is 0 Å². The van der Waals surface area contributed by atoms with E-state index in [1.54, 1.807) is 0 Å². The monoisotopic (exact) mass is 655 g/mol. The molecule has 0 fully saturated rings. The van der Waals surface area contributed by atoms with Crippen molar-refractivity contribution in [3.8, 4) is 11.3 Å². The van der Waals surface area contributed by atoms with Gasteiger partial charge in [0.15, 0.2) is 0 Å². The predicted molar refractivity (Wildman–Crippen MR) is 145 cm³/mol. The van der Waals surface area contributed by atoms with Crippen LogP contribution in [0.4, 0.5) is 0 Å². The SMILES string of the molecule is CC(C)(C)C(O)CC(O)C(C)(C)C.Cc1cc(C)c2cc(C)c(-c3[c-]cc(C)c(C)c3)nc2c1.[Ir]. The minimum Gasteiger partial charge on any atom is -0.392 e. The Kier molecular flexibility index (Phi) is 10.9. The molecule has 4 heteroatoms. The van der Waals surface area contributed by atoms with E-state index in [4.69, 9.17) is 4.98 Å². The Hall–Kier alpha value is -1.58. The van der Waals surface area contributed by atoms with Crippen LogP contribution in [0, 0.1) is 51.5 Å². The largest absolute Gasteiger partial charge is 0.392 e. The molecule has 2 unspecified atom stereocenters. The standard InChI is InChI=1S/C20H20N.C11H24O2.Ir/c1-12-8-15(4)18-11-16(5)20(21-19(18)9-12)17-7-6-13(2)14(3)10-17;1-10(2,3)8(12)7-9(13)11(4,5)6;/h6,8-11H,1-5H3;8-9,12-13H,7H2,1-6H3;/q-1;;. The number of rotatable bonds is 3. The summed E-state index contributed by atoms with van der Waals surface area (Å²) in [6.45, 7) is 22.5. The van der Waals surface area contributed by atoms with Gasteiger partial charge in [-0.1, -0.05) is 73.1 Å². The van der Waals surface area contributed by atoms with Gasteiger partial charge < -0.3 is 10.2 Å². The molecule has 3 rings (SSSR count). The Morgan fingerprint density at radius 2 is 1.29 bits per heavy atom. The zero-order valence-electron chi connectivity index (χ0n) is 23.4. The number of aromatic nitrogens is 1. The van der Waals surface area contributed by atoms with Gasteiger partial charge in [0.25, 0.3) is 0 Å². The van der Waals surface area contributed by atoms with Crippen molar-refractivity contribution in [1.82, 2.24) is 4.98 Å². The molecule has 1 aromatic heterocycles. The summed E-state index contributed by atoms with van der Waals surface area (Å²) >= 11 is 0. The molecule has 0 bridgehead atoms. The first-order valence-electron chi connectivity index (χ1n) is 12.2. The van der Waals surface area contributed by atoms with Gasteiger partial charge in [0.2, 0.25) is 0 Å². The van der Waals surface area contributed by atoms with Crippen LogP contribution in [0.5, 0.6) is 0 Å². The fourth-order valence-corrected chi connectivity index (χ4v) is 3.73. The third-order valence-electron chi connectivity index (χ3n) is 6.60. The molecular formula is C31H44IrNO2-. The van der Waals surface area contributed by atoms with Crippen molar-refractivity contribution in [3.63, 3.8) is 0 Å². The molecule has 195 valence electrons. The Bertz CT molecular complexity index is 1120. The molecular weight excluding hydrogens is 611 g/mol. The molecule has 2 atom stereocenters. The zero-order chi connectivity index (χ0) is 26.0. The van der Waals surface area contributed by atoms with Gasteiger partial charge in [0, 0.05) is 31.9 Å². The number of fused-ring (bicyclic) bond motifs is 1. The molecule has 0 spiro atoms. The summed E-state index contributed by atoms with van der Waals surface area (Å²) in [6.07, 6.45) is -0.434. The Balaban J connectivity index is 0.000000383. The van der Waals surface area contributed by atoms with Gasteiger partial charge in [-0.25, -0.2) is 0 Å². The number of hydrogen-bond acceptors (Lipinski definition) is 3. The molecule has 1 radical (unpaired) electrons. The molecule has 3 aromatic rings. The quantitative estimate of drug-likeness (QED) is 0.289. The summed E-state index contributed by atoms with van der Waals surface area (Å²) in [5.41, 5.74) is 9.19. The Morgan fingerprint density at radius 3 is 1.77 bits per heavy atom. The fraction of sp³-hybridized carbons (Fsp3) is 0.516. The third kappa shape index (κ3) is 8.50. The van der Waals surface area contributed by atoms with Gasteiger partial charge >= 0.3 is 0 Å². The van der Waals surface area contributed by atoms with Gasteiger partial charge in [-0.3, -0.25) is 4.98 Å². The van der Waals surface area contributed by atoms with E-state index in [-0.39, 0.29) is 30.9 Å². The third-order valence-corrected chi connectivity index (χ3v) is 6.60. The van der Waals surface area contributed by atoms with Gasteiger partial charge in [0.1, 0.15) is 0 Å². The van der Waals surface area contributed by atoms with E-state index in [0.29, 0.717) is 6.42 Å². The minimum atomic E-state index is -0.443. The number of aryl methyl sites for hydroxylation is 5. The molecule has 0 amide bonds. The number of aliphatic hydroxyl groups excluding tert-OH is 2. The fourth-order valence-electron chi connectivity index (χ4n) is 3.73. The number of pyridine rings is 1. The first-order valence-corrected chi connectivity index (χ1v) is 12.2. The van der Waals surface area contributed by atoms with Gasteiger partial charge in [-0.15, -0.1) is 34.9 Å². The smallest absolute Gasteiger partial charge is 0.0613 e.